The van der Waals surface area contributed by atoms with Gasteiger partial charge in [0.2, 0.25) is 5.91 Å². The third kappa shape index (κ3) is 4.80. The minimum absolute atomic E-state index is 0.0529. The number of carbonyl (C=O) groups excluding carboxylic acids is 3. The zero-order valence-corrected chi connectivity index (χ0v) is 27.4. The number of nitrogens with two attached hydrogens (primary N) is 1. The van der Waals surface area contributed by atoms with Crippen LogP contribution in [-0.4, -0.2) is 96.6 Å². The molecule has 5 rings (SSSR count). The van der Waals surface area contributed by atoms with Gasteiger partial charge in [0, 0.05) is 36.7 Å². The van der Waals surface area contributed by atoms with Crippen LogP contribution in [0.1, 0.15) is 67.4 Å². The van der Waals surface area contributed by atoms with Crippen LogP contribution in [0.2, 0.25) is 5.02 Å². The molecule has 1 aromatic rings. The fraction of sp³-hybridized carbons (Fsp3) is 0.667. The average molecular weight is 632 g/mol. The smallest absolute Gasteiger partial charge is 0.230 e. The fourth-order valence-corrected chi connectivity index (χ4v) is 8.97. The zero-order valence-electron chi connectivity index (χ0n) is 26.6. The number of fused-ring (bicyclic) bond motifs is 3. The topological polar surface area (TPSA) is 143 Å². The molecule has 4 aliphatic carbocycles. The minimum atomic E-state index is -1.70. The van der Waals surface area contributed by atoms with Crippen LogP contribution in [0.25, 0.3) is 0 Å². The number of Topliss-reactive ketones (excluding diaryl/α,β-unsaturated/α-hetero) is 2. The Morgan fingerprint density at radius 1 is 1.20 bits per heavy atom. The first-order valence-corrected chi connectivity index (χ1v) is 16.0. The van der Waals surface area contributed by atoms with Crippen molar-refractivity contribution in [3.05, 3.63) is 39.1 Å². The summed E-state index contributed by atoms with van der Waals surface area (Å²) in [5, 5.41) is 23.4. The predicted molar refractivity (Wildman–Crippen MR) is 165 cm³/mol. The van der Waals surface area contributed by atoms with Crippen LogP contribution in [0.4, 0.5) is 0 Å². The average Bonchev–Trinajstić information content (AvgIpc) is 2.95. The third-order valence-electron chi connectivity index (χ3n) is 11.1. The van der Waals surface area contributed by atoms with Crippen LogP contribution in [-0.2, 0) is 32.0 Å². The van der Waals surface area contributed by atoms with Crippen molar-refractivity contribution in [2.75, 3.05) is 41.4 Å². The van der Waals surface area contributed by atoms with Crippen molar-refractivity contribution in [2.45, 2.75) is 76.7 Å². The van der Waals surface area contributed by atoms with E-state index < -0.39 is 53.0 Å². The van der Waals surface area contributed by atoms with Gasteiger partial charge in [-0.1, -0.05) is 31.9 Å². The molecule has 2 saturated carbocycles. The van der Waals surface area contributed by atoms with E-state index in [-0.39, 0.29) is 29.1 Å². The Kier molecular flexibility index (Phi) is 8.98. The molecule has 11 heteroatoms. The van der Waals surface area contributed by atoms with Gasteiger partial charge < -0.3 is 25.4 Å². The van der Waals surface area contributed by atoms with Gasteiger partial charge in [0.15, 0.2) is 17.2 Å². The van der Waals surface area contributed by atoms with E-state index in [1.807, 2.05) is 0 Å². The molecule has 0 bridgehead atoms. The second kappa shape index (κ2) is 12.0. The number of methoxy groups -OCH3 is 2. The summed E-state index contributed by atoms with van der Waals surface area (Å²) < 4.78 is 11.9. The summed E-state index contributed by atoms with van der Waals surface area (Å²) >= 11 is 7.08. The Balaban J connectivity index is 1.61. The van der Waals surface area contributed by atoms with Crippen molar-refractivity contribution in [3.63, 3.8) is 0 Å². The number of aliphatic hydroxyl groups excluding tert-OH is 1. The Morgan fingerprint density at radius 3 is 2.39 bits per heavy atom. The van der Waals surface area contributed by atoms with Crippen LogP contribution < -0.4 is 5.73 Å². The van der Waals surface area contributed by atoms with Gasteiger partial charge in [-0.15, -0.1) is 0 Å². The first kappa shape index (κ1) is 32.9. The van der Waals surface area contributed by atoms with E-state index in [9.17, 15) is 24.6 Å². The highest BCUT2D eigenvalue weighted by atomic mass is 35.5. The van der Waals surface area contributed by atoms with Gasteiger partial charge in [-0.25, -0.2) is 0 Å². The lowest BCUT2D eigenvalue weighted by Crippen LogP contribution is -2.72. The number of primary amides is 1. The van der Waals surface area contributed by atoms with Crippen LogP contribution in [0.5, 0.6) is 5.75 Å². The van der Waals surface area contributed by atoms with Crippen molar-refractivity contribution in [1.29, 1.82) is 0 Å². The van der Waals surface area contributed by atoms with E-state index in [1.165, 1.54) is 33.5 Å². The Morgan fingerprint density at radius 2 is 1.89 bits per heavy atom. The maximum absolute atomic E-state index is 14.3. The minimum Gasteiger partial charge on any atom is -0.507 e. The molecule has 0 aliphatic heterocycles. The number of amides is 1. The normalized spacial score (nSPS) is 31.0. The lowest BCUT2D eigenvalue weighted by Gasteiger charge is -2.56. The molecule has 6 atom stereocenters. The van der Waals surface area contributed by atoms with Gasteiger partial charge in [0.25, 0.3) is 0 Å². The lowest BCUT2D eigenvalue weighted by atomic mass is 9.55. The van der Waals surface area contributed by atoms with Crippen molar-refractivity contribution in [3.8, 4) is 5.75 Å². The monoisotopic (exact) mass is 631 g/mol. The molecule has 4 aliphatic rings. The van der Waals surface area contributed by atoms with Crippen LogP contribution in [0, 0.1) is 23.2 Å². The number of phenols is 1. The molecule has 1 aromatic carbocycles. The molecule has 242 valence electrons. The standard InChI is InChI=1S/C33H46ClN3O7/c1-7-32(10-9-11-32)16-37(8-2)15-18-14-21(38)23-19(25(18)34)12-17-13-20-26(36(3)4)28(40)24(31(35)42)29(41)33(20,44-6)30(43-5)22(17)27(23)39/h14,17,20,24,26,29,38,41H,7-13,15-16H2,1-6H3,(H2,35,42). The molecule has 0 heterocycles. The molecule has 44 heavy (non-hydrogen) atoms. The summed E-state index contributed by atoms with van der Waals surface area (Å²) in [6.45, 7) is 6.70. The summed E-state index contributed by atoms with van der Waals surface area (Å²) in [4.78, 5) is 44.5. The number of hydrogen-bond donors (Lipinski definition) is 3. The van der Waals surface area contributed by atoms with Gasteiger partial charge in [-0.3, -0.25) is 24.2 Å². The Labute approximate surface area is 264 Å². The van der Waals surface area contributed by atoms with E-state index in [2.05, 4.69) is 18.7 Å². The van der Waals surface area contributed by atoms with Crippen LogP contribution in [0.3, 0.4) is 0 Å². The predicted octanol–water partition coefficient (Wildman–Crippen LogP) is 3.08. The highest BCUT2D eigenvalue weighted by molar-refractivity contribution is 6.33. The third-order valence-corrected chi connectivity index (χ3v) is 11.6. The second-order valence-corrected chi connectivity index (χ2v) is 13.8. The molecule has 0 saturated heterocycles. The summed E-state index contributed by atoms with van der Waals surface area (Å²) in [6, 6.07) is 0.746. The molecule has 10 nitrogen and oxygen atoms in total. The molecule has 1 amide bonds. The fourth-order valence-electron chi connectivity index (χ4n) is 8.68. The number of benzene rings is 1. The number of ether oxygens (including phenoxy) is 2. The summed E-state index contributed by atoms with van der Waals surface area (Å²) in [5.74, 6) is -4.72. The number of likely N-dealkylation sites (N-methyl/N-ethyl adjacent to an activating group) is 1. The molecule has 0 aromatic heterocycles. The molecule has 0 radical (unpaired) electrons. The SMILES string of the molecule is CCN(Cc1cc(O)c2c(c1Cl)CC1CC3C(N(C)C)C(=O)C(C(N)=O)C(O)C3(OC)C(OC)=C1C2=O)CC1(CC)CCC1. The molecule has 2 fully saturated rings. The van der Waals surface area contributed by atoms with Gasteiger partial charge in [-0.05, 0) is 81.3 Å². The number of halogens is 1. The van der Waals surface area contributed by atoms with E-state index >= 15 is 0 Å². The van der Waals surface area contributed by atoms with E-state index in [0.717, 1.165) is 25.1 Å². The quantitative estimate of drug-likeness (QED) is 0.332. The summed E-state index contributed by atoms with van der Waals surface area (Å²) in [6.07, 6.45) is 3.72. The molecule has 4 N–H and O–H groups in total. The highest BCUT2D eigenvalue weighted by Crippen LogP contribution is 2.56. The lowest BCUT2D eigenvalue weighted by molar-refractivity contribution is -0.200. The van der Waals surface area contributed by atoms with Gasteiger partial charge in [0.05, 0.1) is 18.7 Å². The molecular weight excluding hydrogens is 586 g/mol. The number of aliphatic hydroxyl groups is 1. The number of aromatic hydroxyl groups is 1. The first-order chi connectivity index (χ1) is 20.8. The van der Waals surface area contributed by atoms with Crippen molar-refractivity contribution in [2.24, 2.45) is 28.9 Å². The zero-order chi connectivity index (χ0) is 32.3. The summed E-state index contributed by atoms with van der Waals surface area (Å²) in [7, 11) is 6.18. The van der Waals surface area contributed by atoms with E-state index in [0.29, 0.717) is 29.0 Å². The second-order valence-electron chi connectivity index (χ2n) is 13.4. The largest absolute Gasteiger partial charge is 0.507 e. The van der Waals surface area contributed by atoms with Gasteiger partial charge >= 0.3 is 0 Å². The summed E-state index contributed by atoms with van der Waals surface area (Å²) in [5.41, 5.74) is 5.94. The number of allylic oxidation sites excluding steroid dienone is 1. The number of hydrogen-bond acceptors (Lipinski definition) is 9. The van der Waals surface area contributed by atoms with Crippen LogP contribution >= 0.6 is 11.6 Å². The van der Waals surface area contributed by atoms with Crippen LogP contribution in [0.15, 0.2) is 17.4 Å². The molecule has 0 spiro atoms. The molecular formula is C33H46ClN3O7. The Hall–Kier alpha value is -2.50. The number of nitrogens with zero attached hydrogens (tertiary/aromatic N) is 2. The van der Waals surface area contributed by atoms with Gasteiger partial charge in [-0.2, -0.15) is 0 Å². The van der Waals surface area contributed by atoms with Gasteiger partial charge in [0.1, 0.15) is 23.5 Å². The number of rotatable bonds is 10. The number of phenolic OH excluding ortho intramolecular Hbond substituents is 1. The first-order valence-electron chi connectivity index (χ1n) is 15.6. The Bertz CT molecular complexity index is 1380. The number of carbonyl (C=O) groups is 3. The van der Waals surface area contributed by atoms with Crippen molar-refractivity contribution >= 4 is 29.1 Å². The highest BCUT2D eigenvalue weighted by Gasteiger charge is 2.67. The van der Waals surface area contributed by atoms with E-state index in [4.69, 9.17) is 26.8 Å². The maximum atomic E-state index is 14.3. The molecule has 6 unspecified atom stereocenters. The van der Waals surface area contributed by atoms with E-state index in [1.54, 1.807) is 25.1 Å². The maximum Gasteiger partial charge on any atom is 0.230 e. The van der Waals surface area contributed by atoms with Crippen molar-refractivity contribution < 1.29 is 34.1 Å². The number of ketones is 2. The van der Waals surface area contributed by atoms with Crippen molar-refractivity contribution in [1.82, 2.24) is 9.80 Å².